The molecule has 0 saturated carbocycles. The molecule has 0 aliphatic carbocycles. The number of ether oxygens (including phenoxy) is 3. The fourth-order valence-electron chi connectivity index (χ4n) is 7.23. The molecular formula is C57H98O6. The Labute approximate surface area is 389 Å². The summed E-state index contributed by atoms with van der Waals surface area (Å²) in [7, 11) is 0. The molecule has 0 aromatic rings. The van der Waals surface area contributed by atoms with Gasteiger partial charge in [0.25, 0.3) is 0 Å². The van der Waals surface area contributed by atoms with Gasteiger partial charge in [0.15, 0.2) is 6.10 Å². The molecule has 0 aromatic heterocycles. The van der Waals surface area contributed by atoms with Crippen molar-refractivity contribution in [1.29, 1.82) is 0 Å². The van der Waals surface area contributed by atoms with Crippen LogP contribution in [0, 0.1) is 0 Å². The lowest BCUT2D eigenvalue weighted by Gasteiger charge is -2.18. The predicted octanol–water partition coefficient (Wildman–Crippen LogP) is 17.4. The van der Waals surface area contributed by atoms with E-state index in [0.29, 0.717) is 19.3 Å². The quantitative estimate of drug-likeness (QED) is 0.0262. The summed E-state index contributed by atoms with van der Waals surface area (Å²) in [6.07, 6.45) is 64.7. The van der Waals surface area contributed by atoms with Crippen LogP contribution >= 0.6 is 0 Å². The van der Waals surface area contributed by atoms with Crippen molar-refractivity contribution in [3.8, 4) is 0 Å². The zero-order valence-corrected chi connectivity index (χ0v) is 41.3. The molecule has 63 heavy (non-hydrogen) atoms. The number of carbonyl (C=O) groups is 3. The molecule has 6 heteroatoms. The highest BCUT2D eigenvalue weighted by molar-refractivity contribution is 5.71. The van der Waals surface area contributed by atoms with Gasteiger partial charge in [0.1, 0.15) is 13.2 Å². The topological polar surface area (TPSA) is 78.9 Å². The molecule has 0 saturated heterocycles. The van der Waals surface area contributed by atoms with Crippen molar-refractivity contribution in [2.75, 3.05) is 13.2 Å². The monoisotopic (exact) mass is 879 g/mol. The van der Waals surface area contributed by atoms with Gasteiger partial charge in [0.05, 0.1) is 0 Å². The molecule has 0 aliphatic heterocycles. The Morgan fingerprint density at radius 3 is 1.00 bits per heavy atom. The summed E-state index contributed by atoms with van der Waals surface area (Å²) >= 11 is 0. The highest BCUT2D eigenvalue weighted by Crippen LogP contribution is 2.14. The Hall–Kier alpha value is -3.15. The largest absolute Gasteiger partial charge is 0.462 e. The van der Waals surface area contributed by atoms with Crippen LogP contribution in [0.3, 0.4) is 0 Å². The van der Waals surface area contributed by atoms with Crippen molar-refractivity contribution in [1.82, 2.24) is 0 Å². The fourth-order valence-corrected chi connectivity index (χ4v) is 7.23. The van der Waals surface area contributed by atoms with E-state index < -0.39 is 6.10 Å². The molecular weight excluding hydrogens is 781 g/mol. The van der Waals surface area contributed by atoms with Crippen molar-refractivity contribution >= 4 is 17.9 Å². The average molecular weight is 879 g/mol. The Balaban J connectivity index is 4.27. The van der Waals surface area contributed by atoms with Gasteiger partial charge in [-0.05, 0) is 89.9 Å². The van der Waals surface area contributed by atoms with Crippen LogP contribution in [0.25, 0.3) is 0 Å². The smallest absolute Gasteiger partial charge is 0.306 e. The second-order valence-corrected chi connectivity index (χ2v) is 17.4. The molecule has 0 bridgehead atoms. The molecule has 0 N–H and O–H groups in total. The van der Waals surface area contributed by atoms with Crippen molar-refractivity contribution < 1.29 is 28.6 Å². The summed E-state index contributed by atoms with van der Waals surface area (Å²) in [6.45, 7) is 6.45. The molecule has 1 unspecified atom stereocenters. The number of rotatable bonds is 47. The van der Waals surface area contributed by atoms with Crippen LogP contribution in [0.15, 0.2) is 72.9 Å². The van der Waals surface area contributed by atoms with Gasteiger partial charge in [-0.2, -0.15) is 0 Å². The first-order chi connectivity index (χ1) is 31.0. The number of unbranched alkanes of at least 4 members (excludes halogenated alkanes) is 24. The molecule has 0 amide bonds. The Morgan fingerprint density at radius 1 is 0.333 bits per heavy atom. The highest BCUT2D eigenvalue weighted by Gasteiger charge is 2.19. The zero-order valence-electron chi connectivity index (χ0n) is 41.3. The van der Waals surface area contributed by atoms with Crippen molar-refractivity contribution in [3.63, 3.8) is 0 Å². The average Bonchev–Trinajstić information content (AvgIpc) is 3.28. The van der Waals surface area contributed by atoms with E-state index in [1.807, 2.05) is 0 Å². The van der Waals surface area contributed by atoms with Crippen LogP contribution in [0.2, 0.25) is 0 Å². The van der Waals surface area contributed by atoms with E-state index in [0.717, 1.165) is 96.3 Å². The van der Waals surface area contributed by atoms with E-state index in [9.17, 15) is 14.4 Å². The van der Waals surface area contributed by atoms with E-state index >= 15 is 0 Å². The van der Waals surface area contributed by atoms with Gasteiger partial charge in [0, 0.05) is 19.3 Å². The first-order valence-electron chi connectivity index (χ1n) is 26.4. The van der Waals surface area contributed by atoms with Gasteiger partial charge in [0.2, 0.25) is 0 Å². The first kappa shape index (κ1) is 59.9. The lowest BCUT2D eigenvalue weighted by atomic mass is 10.1. The third-order valence-corrected chi connectivity index (χ3v) is 11.2. The third-order valence-electron chi connectivity index (χ3n) is 11.2. The van der Waals surface area contributed by atoms with Crippen LogP contribution in [0.5, 0.6) is 0 Å². The number of carbonyl (C=O) groups excluding carboxylic acids is 3. The maximum atomic E-state index is 12.8. The van der Waals surface area contributed by atoms with Gasteiger partial charge >= 0.3 is 17.9 Å². The van der Waals surface area contributed by atoms with Gasteiger partial charge < -0.3 is 14.2 Å². The summed E-state index contributed by atoms with van der Waals surface area (Å²) in [6, 6.07) is 0. The van der Waals surface area contributed by atoms with E-state index in [4.69, 9.17) is 14.2 Å². The Kier molecular flexibility index (Phi) is 48.9. The minimum atomic E-state index is -0.780. The number of hydrogen-bond donors (Lipinski definition) is 0. The third kappa shape index (κ3) is 49.7. The standard InChI is InChI=1S/C57H98O6/c1-4-7-10-13-16-18-20-22-24-26-28-30-32-34-36-38-41-44-47-50-56(59)62-53-54(52-61-55(58)49-46-43-40-15-12-9-6-3)63-57(60)51-48-45-42-39-37-35-33-31-29-27-25-23-21-19-17-14-11-8-5-2/h7,10,16-19,22-25,28,30,54H,4-6,8-9,11-15,20-21,26-27,29,31-53H2,1-3H3/b10-7-,18-16-,19-17-,24-22-,25-23-,30-28-. The first-order valence-corrected chi connectivity index (χ1v) is 26.4. The number of esters is 3. The molecule has 0 fully saturated rings. The summed E-state index contributed by atoms with van der Waals surface area (Å²) in [5.41, 5.74) is 0. The molecule has 0 aliphatic rings. The van der Waals surface area contributed by atoms with Gasteiger partial charge in [-0.3, -0.25) is 14.4 Å². The number of allylic oxidation sites excluding steroid dienone is 12. The lowest BCUT2D eigenvalue weighted by Crippen LogP contribution is -2.30. The maximum absolute atomic E-state index is 12.8. The second-order valence-electron chi connectivity index (χ2n) is 17.4. The molecule has 0 radical (unpaired) electrons. The molecule has 0 heterocycles. The molecule has 0 aromatic carbocycles. The van der Waals surface area contributed by atoms with Crippen LogP contribution in [-0.2, 0) is 28.6 Å². The number of hydrogen-bond acceptors (Lipinski definition) is 6. The van der Waals surface area contributed by atoms with Crippen LogP contribution in [-0.4, -0.2) is 37.2 Å². The Bertz CT molecular complexity index is 1190. The van der Waals surface area contributed by atoms with Crippen LogP contribution < -0.4 is 0 Å². The molecule has 6 nitrogen and oxygen atoms in total. The summed E-state index contributed by atoms with van der Waals surface area (Å²) in [5.74, 6) is -0.904. The normalized spacial score (nSPS) is 12.6. The molecule has 362 valence electrons. The predicted molar refractivity (Wildman–Crippen MR) is 270 cm³/mol. The second kappa shape index (κ2) is 51.5. The minimum Gasteiger partial charge on any atom is -0.462 e. The van der Waals surface area contributed by atoms with Gasteiger partial charge in [-0.1, -0.05) is 216 Å². The van der Waals surface area contributed by atoms with E-state index in [2.05, 4.69) is 93.7 Å². The van der Waals surface area contributed by atoms with Crippen molar-refractivity contribution in [2.45, 2.75) is 258 Å². The maximum Gasteiger partial charge on any atom is 0.306 e. The summed E-state index contributed by atoms with van der Waals surface area (Å²) < 4.78 is 16.7. The molecule has 1 atom stereocenters. The fraction of sp³-hybridized carbons (Fsp3) is 0.737. The summed E-state index contributed by atoms with van der Waals surface area (Å²) in [5, 5.41) is 0. The van der Waals surface area contributed by atoms with E-state index in [-0.39, 0.29) is 31.1 Å². The lowest BCUT2D eigenvalue weighted by molar-refractivity contribution is -0.167. The van der Waals surface area contributed by atoms with Crippen molar-refractivity contribution in [2.24, 2.45) is 0 Å². The van der Waals surface area contributed by atoms with Crippen LogP contribution in [0.1, 0.15) is 252 Å². The molecule has 0 spiro atoms. The van der Waals surface area contributed by atoms with E-state index in [1.54, 1.807) is 0 Å². The van der Waals surface area contributed by atoms with Gasteiger partial charge in [-0.25, -0.2) is 0 Å². The Morgan fingerprint density at radius 2 is 0.619 bits per heavy atom. The van der Waals surface area contributed by atoms with Crippen molar-refractivity contribution in [3.05, 3.63) is 72.9 Å². The van der Waals surface area contributed by atoms with E-state index in [1.165, 1.54) is 116 Å². The van der Waals surface area contributed by atoms with Gasteiger partial charge in [-0.15, -0.1) is 0 Å². The zero-order chi connectivity index (χ0) is 45.8. The SMILES string of the molecule is CC/C=C\C/C=C\C/C=C\C/C=C\CCCCCCCCC(=O)OCC(COC(=O)CCCCCCCCC)OC(=O)CCCCCCCCCCC/C=C\C/C=C\CCCCC. The molecule has 0 rings (SSSR count). The minimum absolute atomic E-state index is 0.0813. The summed E-state index contributed by atoms with van der Waals surface area (Å²) in [4.78, 5) is 37.9. The highest BCUT2D eigenvalue weighted by atomic mass is 16.6. The van der Waals surface area contributed by atoms with Crippen LogP contribution in [0.4, 0.5) is 0 Å².